The Morgan fingerprint density at radius 2 is 2.04 bits per heavy atom. The molecule has 7 heteroatoms. The lowest BCUT2D eigenvalue weighted by molar-refractivity contribution is -0.118. The third-order valence-electron chi connectivity index (χ3n) is 3.31. The molecule has 2 aromatic rings. The molecular weight excluding hydrogens is 315 g/mol. The zero-order chi connectivity index (χ0) is 16.9. The first-order valence-electron chi connectivity index (χ1n) is 7.35. The highest BCUT2D eigenvalue weighted by Gasteiger charge is 2.14. The summed E-state index contributed by atoms with van der Waals surface area (Å²) in [7, 11) is 0. The zero-order valence-electron chi connectivity index (χ0n) is 12.7. The largest absolute Gasteiger partial charge is 0.491 e. The number of hydrogen-bond donors (Lipinski definition) is 2. The van der Waals surface area contributed by atoms with Gasteiger partial charge in [0.05, 0.1) is 18.7 Å². The Morgan fingerprint density at radius 3 is 2.83 bits per heavy atom. The molecule has 0 spiro atoms. The van der Waals surface area contributed by atoms with Gasteiger partial charge in [0.2, 0.25) is 5.91 Å². The van der Waals surface area contributed by atoms with Crippen molar-refractivity contribution in [1.29, 1.82) is 0 Å². The van der Waals surface area contributed by atoms with Crippen molar-refractivity contribution < 1.29 is 23.5 Å². The zero-order valence-corrected chi connectivity index (χ0v) is 12.7. The smallest absolute Gasteiger partial charge is 0.262 e. The Bertz CT molecular complexity index is 762. The molecule has 0 aliphatic carbocycles. The van der Waals surface area contributed by atoms with E-state index in [0.717, 1.165) is 0 Å². The average molecular weight is 330 g/mol. The molecule has 1 aliphatic heterocycles. The van der Waals surface area contributed by atoms with E-state index in [1.165, 1.54) is 24.3 Å². The molecule has 1 aliphatic rings. The van der Waals surface area contributed by atoms with Crippen LogP contribution < -0.4 is 20.1 Å². The summed E-state index contributed by atoms with van der Waals surface area (Å²) in [6.45, 7) is 0.0988. The molecule has 2 amide bonds. The number of hydrogen-bond acceptors (Lipinski definition) is 4. The van der Waals surface area contributed by atoms with Crippen molar-refractivity contribution in [3.05, 3.63) is 48.3 Å². The second kappa shape index (κ2) is 6.99. The molecule has 0 aromatic heterocycles. The molecule has 6 nitrogen and oxygen atoms in total. The van der Waals surface area contributed by atoms with E-state index in [0.29, 0.717) is 29.5 Å². The molecule has 1 heterocycles. The van der Waals surface area contributed by atoms with Gasteiger partial charge in [-0.25, -0.2) is 4.39 Å². The predicted octanol–water partition coefficient (Wildman–Crippen LogP) is 2.56. The fourth-order valence-corrected chi connectivity index (χ4v) is 2.17. The fourth-order valence-electron chi connectivity index (χ4n) is 2.17. The van der Waals surface area contributed by atoms with Gasteiger partial charge in [0.15, 0.2) is 6.61 Å². The number of anilines is 2. The second-order valence-electron chi connectivity index (χ2n) is 5.15. The van der Waals surface area contributed by atoms with Gasteiger partial charge in [0, 0.05) is 5.69 Å². The summed E-state index contributed by atoms with van der Waals surface area (Å²) in [6.07, 6.45) is 0.280. The number of ether oxygens (including phenoxy) is 2. The molecule has 0 saturated heterocycles. The maximum Gasteiger partial charge on any atom is 0.262 e. The van der Waals surface area contributed by atoms with Crippen LogP contribution in [0.5, 0.6) is 11.5 Å². The topological polar surface area (TPSA) is 76.7 Å². The lowest BCUT2D eigenvalue weighted by Gasteiger charge is -2.11. The number of amides is 2. The predicted molar refractivity (Wildman–Crippen MR) is 85.7 cm³/mol. The number of rotatable bonds is 4. The lowest BCUT2D eigenvalue weighted by atomic mass is 10.2. The normalized spacial score (nSPS) is 13.1. The minimum absolute atomic E-state index is 0.142. The number of benzene rings is 2. The molecule has 0 unspecified atom stereocenters. The van der Waals surface area contributed by atoms with E-state index in [1.807, 2.05) is 0 Å². The number of nitrogens with one attached hydrogen (secondary N) is 2. The highest BCUT2D eigenvalue weighted by molar-refractivity contribution is 5.96. The van der Waals surface area contributed by atoms with Gasteiger partial charge in [0.1, 0.15) is 17.3 Å². The highest BCUT2D eigenvalue weighted by atomic mass is 19.1. The number of carbonyl (C=O) groups is 2. The molecule has 2 N–H and O–H groups in total. The van der Waals surface area contributed by atoms with Gasteiger partial charge < -0.3 is 20.1 Å². The Kier molecular flexibility index (Phi) is 4.60. The maximum absolute atomic E-state index is 12.8. The van der Waals surface area contributed by atoms with Gasteiger partial charge >= 0.3 is 0 Å². The third-order valence-corrected chi connectivity index (χ3v) is 3.31. The second-order valence-corrected chi connectivity index (χ2v) is 5.15. The fraction of sp³-hybridized carbons (Fsp3) is 0.176. The molecule has 24 heavy (non-hydrogen) atoms. The SMILES string of the molecule is O=C(COc1ccc(F)cc1)Nc1ccc2c(c1)NC(=O)CCO2. The summed E-state index contributed by atoms with van der Waals surface area (Å²) < 4.78 is 23.5. The summed E-state index contributed by atoms with van der Waals surface area (Å²) in [6, 6.07) is 10.4. The van der Waals surface area contributed by atoms with Crippen molar-refractivity contribution in [2.75, 3.05) is 23.8 Å². The van der Waals surface area contributed by atoms with Crippen LogP contribution in [0.3, 0.4) is 0 Å². The van der Waals surface area contributed by atoms with Gasteiger partial charge in [0.25, 0.3) is 5.91 Å². The minimum Gasteiger partial charge on any atom is -0.491 e. The van der Waals surface area contributed by atoms with Crippen LogP contribution in [-0.2, 0) is 9.59 Å². The Labute approximate surface area is 137 Å². The minimum atomic E-state index is -0.375. The van der Waals surface area contributed by atoms with Crippen LogP contribution in [0, 0.1) is 5.82 Å². The lowest BCUT2D eigenvalue weighted by Crippen LogP contribution is -2.20. The van der Waals surface area contributed by atoms with E-state index in [1.54, 1.807) is 18.2 Å². The Morgan fingerprint density at radius 1 is 1.25 bits per heavy atom. The van der Waals surface area contributed by atoms with Crippen LogP contribution in [0.15, 0.2) is 42.5 Å². The summed E-state index contributed by atoms with van der Waals surface area (Å²) in [5.41, 5.74) is 1.02. The van der Waals surface area contributed by atoms with Crippen LogP contribution in [0.4, 0.5) is 15.8 Å². The van der Waals surface area contributed by atoms with Crippen LogP contribution >= 0.6 is 0 Å². The van der Waals surface area contributed by atoms with E-state index in [2.05, 4.69) is 10.6 Å². The van der Waals surface area contributed by atoms with Gasteiger partial charge in [-0.2, -0.15) is 0 Å². The first-order chi connectivity index (χ1) is 11.6. The standard InChI is InChI=1S/C17H15FN2O4/c18-11-1-4-13(5-2-11)24-10-17(22)19-12-3-6-15-14(9-12)20-16(21)7-8-23-15/h1-6,9H,7-8,10H2,(H,19,22)(H,20,21). The molecule has 0 radical (unpaired) electrons. The molecule has 0 bridgehead atoms. The molecule has 0 fully saturated rings. The van der Waals surface area contributed by atoms with Gasteiger partial charge in [-0.05, 0) is 42.5 Å². The highest BCUT2D eigenvalue weighted by Crippen LogP contribution is 2.30. The van der Waals surface area contributed by atoms with E-state index in [9.17, 15) is 14.0 Å². The van der Waals surface area contributed by atoms with Gasteiger partial charge in [-0.3, -0.25) is 9.59 Å². The van der Waals surface area contributed by atoms with Crippen LogP contribution in [0.2, 0.25) is 0 Å². The van der Waals surface area contributed by atoms with Crippen molar-refractivity contribution in [2.45, 2.75) is 6.42 Å². The Hall–Kier alpha value is -3.09. The summed E-state index contributed by atoms with van der Waals surface area (Å²) in [4.78, 5) is 23.5. The quantitative estimate of drug-likeness (QED) is 0.903. The monoisotopic (exact) mass is 330 g/mol. The Balaban J connectivity index is 1.60. The molecule has 0 saturated carbocycles. The molecular formula is C17H15FN2O4. The van der Waals surface area contributed by atoms with Crippen LogP contribution in [0.25, 0.3) is 0 Å². The van der Waals surface area contributed by atoms with E-state index in [-0.39, 0.29) is 30.7 Å². The van der Waals surface area contributed by atoms with Gasteiger partial charge in [-0.1, -0.05) is 0 Å². The van der Waals surface area contributed by atoms with Crippen LogP contribution in [0.1, 0.15) is 6.42 Å². The summed E-state index contributed by atoms with van der Waals surface area (Å²) in [5.74, 6) is 0.0635. The number of fused-ring (bicyclic) bond motifs is 1. The van der Waals surface area contributed by atoms with Crippen molar-refractivity contribution in [2.24, 2.45) is 0 Å². The first kappa shape index (κ1) is 15.8. The van der Waals surface area contributed by atoms with E-state index >= 15 is 0 Å². The van der Waals surface area contributed by atoms with Crippen molar-refractivity contribution in [3.63, 3.8) is 0 Å². The van der Waals surface area contributed by atoms with E-state index in [4.69, 9.17) is 9.47 Å². The number of carbonyl (C=O) groups excluding carboxylic acids is 2. The summed E-state index contributed by atoms with van der Waals surface area (Å²) >= 11 is 0. The maximum atomic E-state index is 12.8. The third kappa shape index (κ3) is 4.01. The molecule has 124 valence electrons. The van der Waals surface area contributed by atoms with Gasteiger partial charge in [-0.15, -0.1) is 0 Å². The average Bonchev–Trinajstić information content (AvgIpc) is 2.74. The van der Waals surface area contributed by atoms with E-state index < -0.39 is 0 Å². The summed E-state index contributed by atoms with van der Waals surface area (Å²) in [5, 5.41) is 5.38. The molecule has 0 atom stereocenters. The van der Waals surface area contributed by atoms with Crippen molar-refractivity contribution in [3.8, 4) is 11.5 Å². The molecule has 2 aromatic carbocycles. The van der Waals surface area contributed by atoms with Crippen LogP contribution in [-0.4, -0.2) is 25.0 Å². The van der Waals surface area contributed by atoms with Crippen molar-refractivity contribution >= 4 is 23.2 Å². The molecule has 3 rings (SSSR count). The van der Waals surface area contributed by atoms with Crippen molar-refractivity contribution in [1.82, 2.24) is 0 Å². The number of halogens is 1. The first-order valence-corrected chi connectivity index (χ1v) is 7.35.